The van der Waals surface area contributed by atoms with Gasteiger partial charge in [-0.3, -0.25) is 9.59 Å². The molecule has 1 aliphatic carbocycles. The van der Waals surface area contributed by atoms with Crippen LogP contribution in [0.5, 0.6) is 0 Å². The summed E-state index contributed by atoms with van der Waals surface area (Å²) in [5, 5.41) is 12.4. The van der Waals surface area contributed by atoms with E-state index in [1.807, 2.05) is 30.3 Å². The largest absolute Gasteiger partial charge is 0.481 e. The molecule has 4 rings (SSSR count). The number of carbonyl (C=O) groups is 2. The fourth-order valence-electron chi connectivity index (χ4n) is 4.27. The van der Waals surface area contributed by atoms with E-state index in [0.29, 0.717) is 22.4 Å². The van der Waals surface area contributed by atoms with Gasteiger partial charge in [0.25, 0.3) is 5.91 Å². The third-order valence-corrected chi connectivity index (χ3v) is 8.13. The molecule has 1 amide bonds. The molecule has 1 saturated carbocycles. The van der Waals surface area contributed by atoms with Crippen molar-refractivity contribution in [2.75, 3.05) is 26.8 Å². The average molecular weight is 558 g/mol. The van der Waals surface area contributed by atoms with Crippen LogP contribution >= 0.6 is 0 Å². The second-order valence-corrected chi connectivity index (χ2v) is 12.3. The van der Waals surface area contributed by atoms with Crippen molar-refractivity contribution in [2.45, 2.75) is 51.7 Å². The van der Waals surface area contributed by atoms with Gasteiger partial charge in [-0.2, -0.15) is 0 Å². The van der Waals surface area contributed by atoms with Crippen molar-refractivity contribution in [3.05, 3.63) is 52.7 Å². The summed E-state index contributed by atoms with van der Waals surface area (Å²) in [4.78, 5) is 28.7. The molecule has 1 fully saturated rings. The Kier molecular flexibility index (Phi) is 8.43. The number of pyridine rings is 1. The lowest BCUT2D eigenvalue weighted by atomic mass is 9.95. The third-order valence-electron chi connectivity index (χ3n) is 6.83. The minimum absolute atomic E-state index is 0.00147. The standard InChI is InChI=1S/C28H35N3O7S/c1-5-17-6-8-19(9-7-17)24-23(25(32)29-4)21-14-20(18-10-11-18)22(31-26(21)38-24)15-39(35,36)30-12-13-37-16-28(2,3)27(33)34/h6-9,14,18,30H,5,10-13,15-16H2,1-4H3,(H,29,32)(H,33,34). The number of aromatic nitrogens is 1. The van der Waals surface area contributed by atoms with Crippen molar-refractivity contribution in [3.63, 3.8) is 0 Å². The predicted octanol–water partition coefficient (Wildman–Crippen LogP) is 3.84. The van der Waals surface area contributed by atoms with Gasteiger partial charge in [0, 0.05) is 19.2 Å². The van der Waals surface area contributed by atoms with Crippen LogP contribution in [0.25, 0.3) is 22.4 Å². The van der Waals surface area contributed by atoms with Crippen LogP contribution in [0.3, 0.4) is 0 Å². The fourth-order valence-corrected chi connectivity index (χ4v) is 5.36. The summed E-state index contributed by atoms with van der Waals surface area (Å²) < 4.78 is 39.8. The number of benzene rings is 1. The van der Waals surface area contributed by atoms with Crippen LogP contribution in [0.1, 0.15) is 66.7 Å². The number of nitrogens with zero attached hydrogens (tertiary/aromatic N) is 1. The van der Waals surface area contributed by atoms with Crippen LogP contribution < -0.4 is 10.0 Å². The number of amides is 1. The Balaban J connectivity index is 1.60. The minimum atomic E-state index is -3.78. The van der Waals surface area contributed by atoms with Crippen LogP contribution in [-0.2, 0) is 31.7 Å². The first-order valence-electron chi connectivity index (χ1n) is 13.0. The van der Waals surface area contributed by atoms with E-state index in [0.717, 1.165) is 36.0 Å². The number of carbonyl (C=O) groups excluding carboxylic acids is 1. The second-order valence-electron chi connectivity index (χ2n) is 10.5. The molecule has 0 aliphatic heterocycles. The van der Waals surface area contributed by atoms with Crippen LogP contribution in [-0.4, -0.2) is 57.2 Å². The lowest BCUT2D eigenvalue weighted by Gasteiger charge is -2.18. The first-order chi connectivity index (χ1) is 18.5. The Bertz CT molecular complexity index is 1470. The zero-order chi connectivity index (χ0) is 28.4. The lowest BCUT2D eigenvalue weighted by molar-refractivity contribution is -0.150. The SMILES string of the molecule is CCc1ccc(-c2oc3nc(CS(=O)(=O)NCCOCC(C)(C)C(=O)O)c(C4CC4)cc3c2C(=O)NC)cc1. The first kappa shape index (κ1) is 28.7. The summed E-state index contributed by atoms with van der Waals surface area (Å²) >= 11 is 0. The van der Waals surface area contributed by atoms with Gasteiger partial charge in [0.1, 0.15) is 11.5 Å². The van der Waals surface area contributed by atoms with Crippen LogP contribution in [0, 0.1) is 5.41 Å². The molecule has 3 aromatic rings. The quantitative estimate of drug-likeness (QED) is 0.269. The van der Waals surface area contributed by atoms with Gasteiger partial charge in [-0.05, 0) is 56.2 Å². The van der Waals surface area contributed by atoms with E-state index in [9.17, 15) is 18.0 Å². The maximum atomic E-state index is 12.9. The second kappa shape index (κ2) is 11.4. The third kappa shape index (κ3) is 6.66. The molecule has 2 heterocycles. The van der Waals surface area contributed by atoms with Crippen molar-refractivity contribution >= 4 is 33.0 Å². The molecule has 39 heavy (non-hydrogen) atoms. The van der Waals surface area contributed by atoms with E-state index in [-0.39, 0.29) is 43.0 Å². The number of aliphatic carboxylic acids is 1. The van der Waals surface area contributed by atoms with Crippen LogP contribution in [0.15, 0.2) is 34.7 Å². The van der Waals surface area contributed by atoms with Gasteiger partial charge in [-0.1, -0.05) is 31.2 Å². The summed E-state index contributed by atoms with van der Waals surface area (Å²) in [6, 6.07) is 9.61. The number of sulfonamides is 1. The summed E-state index contributed by atoms with van der Waals surface area (Å²) in [5.74, 6) is -1.09. The Hall–Kier alpha value is -3.28. The molecule has 0 radical (unpaired) electrons. The highest BCUT2D eigenvalue weighted by Crippen LogP contribution is 2.44. The zero-order valence-electron chi connectivity index (χ0n) is 22.7. The number of furan rings is 1. The highest BCUT2D eigenvalue weighted by molar-refractivity contribution is 7.88. The summed E-state index contributed by atoms with van der Waals surface area (Å²) in [5.41, 5.74) is 2.59. The molecule has 0 bridgehead atoms. The van der Waals surface area contributed by atoms with E-state index < -0.39 is 21.4 Å². The number of ether oxygens (including phenoxy) is 1. The minimum Gasteiger partial charge on any atom is -0.481 e. The number of carboxylic acid groups (broad SMARTS) is 1. The molecular weight excluding hydrogens is 522 g/mol. The van der Waals surface area contributed by atoms with Gasteiger partial charge in [0.15, 0.2) is 0 Å². The highest BCUT2D eigenvalue weighted by Gasteiger charge is 2.32. The smallest absolute Gasteiger partial charge is 0.311 e. The van der Waals surface area contributed by atoms with Crippen LogP contribution in [0.2, 0.25) is 0 Å². The molecule has 11 heteroatoms. The molecular formula is C28H35N3O7S. The molecule has 2 aromatic heterocycles. The van der Waals surface area contributed by atoms with Crippen LogP contribution in [0.4, 0.5) is 0 Å². The van der Waals surface area contributed by atoms with E-state index in [1.165, 1.54) is 13.8 Å². The van der Waals surface area contributed by atoms with E-state index in [2.05, 4.69) is 21.9 Å². The summed E-state index contributed by atoms with van der Waals surface area (Å²) in [7, 11) is -2.22. The number of rotatable bonds is 13. The van der Waals surface area contributed by atoms with Crippen molar-refractivity contribution in [1.29, 1.82) is 0 Å². The molecule has 1 aromatic carbocycles. The maximum Gasteiger partial charge on any atom is 0.311 e. The normalized spacial score (nSPS) is 14.1. The number of hydrogen-bond acceptors (Lipinski definition) is 7. The van der Waals surface area contributed by atoms with Crippen molar-refractivity contribution in [1.82, 2.24) is 15.0 Å². The highest BCUT2D eigenvalue weighted by atomic mass is 32.2. The molecule has 1 aliphatic rings. The van der Waals surface area contributed by atoms with E-state index >= 15 is 0 Å². The first-order valence-corrected chi connectivity index (χ1v) is 14.7. The topological polar surface area (TPSA) is 148 Å². The number of hydrogen-bond donors (Lipinski definition) is 3. The molecule has 10 nitrogen and oxygen atoms in total. The van der Waals surface area contributed by atoms with Crippen molar-refractivity contribution in [3.8, 4) is 11.3 Å². The average Bonchev–Trinajstić information content (AvgIpc) is 3.67. The van der Waals surface area contributed by atoms with Gasteiger partial charge in [-0.15, -0.1) is 0 Å². The molecule has 210 valence electrons. The predicted molar refractivity (Wildman–Crippen MR) is 147 cm³/mol. The Labute approximate surface area is 228 Å². The Morgan fingerprint density at radius 2 is 1.90 bits per heavy atom. The molecule has 0 saturated heterocycles. The Morgan fingerprint density at radius 3 is 2.49 bits per heavy atom. The van der Waals surface area contributed by atoms with Gasteiger partial charge in [0.05, 0.1) is 35.3 Å². The molecule has 3 N–H and O–H groups in total. The van der Waals surface area contributed by atoms with E-state index in [4.69, 9.17) is 14.3 Å². The van der Waals surface area contributed by atoms with Gasteiger partial charge in [0.2, 0.25) is 15.7 Å². The molecule has 0 unspecified atom stereocenters. The van der Waals surface area contributed by atoms with Crippen molar-refractivity contribution in [2.24, 2.45) is 5.41 Å². The Morgan fingerprint density at radius 1 is 1.21 bits per heavy atom. The number of fused-ring (bicyclic) bond motifs is 1. The lowest BCUT2D eigenvalue weighted by Crippen LogP contribution is -2.33. The number of nitrogens with one attached hydrogen (secondary N) is 2. The molecule has 0 atom stereocenters. The maximum absolute atomic E-state index is 12.9. The number of carboxylic acids is 1. The van der Waals surface area contributed by atoms with Crippen molar-refractivity contribution < 1.29 is 32.3 Å². The summed E-state index contributed by atoms with van der Waals surface area (Å²) in [6.07, 6.45) is 2.71. The zero-order valence-corrected chi connectivity index (χ0v) is 23.5. The van der Waals surface area contributed by atoms with Gasteiger partial charge >= 0.3 is 5.97 Å². The number of aryl methyl sites for hydroxylation is 1. The van der Waals surface area contributed by atoms with Gasteiger partial charge in [-0.25, -0.2) is 18.1 Å². The fraction of sp³-hybridized carbons (Fsp3) is 0.464. The monoisotopic (exact) mass is 557 g/mol. The summed E-state index contributed by atoms with van der Waals surface area (Å²) in [6.45, 7) is 5.13. The molecule has 0 spiro atoms. The van der Waals surface area contributed by atoms with E-state index in [1.54, 1.807) is 7.05 Å². The van der Waals surface area contributed by atoms with Gasteiger partial charge < -0.3 is 19.6 Å².